The average Bonchev–Trinajstić information content (AvgIpc) is 3.04. The molecule has 0 saturated carbocycles. The fourth-order valence-corrected chi connectivity index (χ4v) is 4.46. The molecule has 1 unspecified atom stereocenters. The zero-order valence-electron chi connectivity index (χ0n) is 17.6. The molecule has 3 aromatic rings. The zero-order chi connectivity index (χ0) is 22.1. The summed E-state index contributed by atoms with van der Waals surface area (Å²) >= 11 is 3.58. The molecular formula is C22H24BrFN4O3. The zero-order valence-corrected chi connectivity index (χ0v) is 19.2. The van der Waals surface area contributed by atoms with Gasteiger partial charge in [-0.15, -0.1) is 0 Å². The molecule has 164 valence electrons. The highest BCUT2D eigenvalue weighted by molar-refractivity contribution is 9.10. The van der Waals surface area contributed by atoms with Crippen LogP contribution in [-0.4, -0.2) is 40.1 Å². The van der Waals surface area contributed by atoms with Gasteiger partial charge in [-0.2, -0.15) is 0 Å². The molecule has 1 N–H and O–H groups in total. The lowest BCUT2D eigenvalue weighted by molar-refractivity contribution is 0.00591. The number of esters is 1. The highest BCUT2D eigenvalue weighted by atomic mass is 79.9. The van der Waals surface area contributed by atoms with E-state index in [-0.39, 0.29) is 13.3 Å². The maximum absolute atomic E-state index is 14.1. The summed E-state index contributed by atoms with van der Waals surface area (Å²) in [7, 11) is 1.91. The number of fused-ring (bicyclic) bond motifs is 3. The number of hydrogen-bond acceptors (Lipinski definition) is 6. The molecule has 1 aliphatic rings. The van der Waals surface area contributed by atoms with E-state index in [0.717, 1.165) is 32.3 Å². The number of benzene rings is 1. The van der Waals surface area contributed by atoms with Crippen LogP contribution in [0.15, 0.2) is 35.1 Å². The topological polar surface area (TPSA) is 68.6 Å². The van der Waals surface area contributed by atoms with E-state index in [9.17, 15) is 9.18 Å². The van der Waals surface area contributed by atoms with Crippen LogP contribution in [-0.2, 0) is 24.9 Å². The maximum atomic E-state index is 14.1. The molecule has 1 atom stereocenters. The van der Waals surface area contributed by atoms with Crippen molar-refractivity contribution in [3.63, 3.8) is 0 Å². The Morgan fingerprint density at radius 2 is 2.16 bits per heavy atom. The second kappa shape index (κ2) is 8.84. The first-order valence-electron chi connectivity index (χ1n) is 10.1. The molecule has 0 aliphatic carbocycles. The standard InChI is InChI=1S/C22H24BrFN4O3/c1-4-30-22(29)20-18(10-26-14-5-7-25-8-6-14)27(3)17-9-16(23)21-15(19(17)20)11-28(12-31-21)13(2)24/h5-9,13H,4,10-12H2,1-3H3,(H,25,26). The van der Waals surface area contributed by atoms with Crippen molar-refractivity contribution in [3.05, 3.63) is 51.9 Å². The minimum atomic E-state index is -1.18. The number of nitrogens with one attached hydrogen (secondary N) is 1. The number of rotatable bonds is 6. The molecular weight excluding hydrogens is 467 g/mol. The molecule has 7 nitrogen and oxygen atoms in total. The van der Waals surface area contributed by atoms with E-state index < -0.39 is 12.3 Å². The Balaban J connectivity index is 1.89. The van der Waals surface area contributed by atoms with Crippen molar-refractivity contribution in [1.82, 2.24) is 14.5 Å². The van der Waals surface area contributed by atoms with Crippen LogP contribution < -0.4 is 10.1 Å². The molecule has 0 spiro atoms. The van der Waals surface area contributed by atoms with Crippen LogP contribution in [0.25, 0.3) is 10.9 Å². The number of halogens is 2. The van der Waals surface area contributed by atoms with Gasteiger partial charge in [-0.25, -0.2) is 14.1 Å². The Morgan fingerprint density at radius 3 is 2.84 bits per heavy atom. The summed E-state index contributed by atoms with van der Waals surface area (Å²) in [4.78, 5) is 18.7. The van der Waals surface area contributed by atoms with Gasteiger partial charge in [-0.05, 0) is 48.0 Å². The smallest absolute Gasteiger partial charge is 0.340 e. The van der Waals surface area contributed by atoms with Crippen LogP contribution in [0.5, 0.6) is 5.75 Å². The van der Waals surface area contributed by atoms with Gasteiger partial charge in [0.1, 0.15) is 12.5 Å². The highest BCUT2D eigenvalue weighted by Gasteiger charge is 2.31. The Kier molecular flexibility index (Phi) is 6.15. The van der Waals surface area contributed by atoms with Crippen molar-refractivity contribution >= 4 is 38.5 Å². The molecule has 9 heteroatoms. The summed E-state index contributed by atoms with van der Waals surface area (Å²) in [5.41, 5.74) is 3.75. The minimum Gasteiger partial charge on any atom is -0.476 e. The van der Waals surface area contributed by atoms with Crippen LogP contribution in [0.1, 0.15) is 35.5 Å². The van der Waals surface area contributed by atoms with E-state index in [4.69, 9.17) is 9.47 Å². The van der Waals surface area contributed by atoms with Crippen LogP contribution in [0.2, 0.25) is 0 Å². The number of carbonyl (C=O) groups excluding carboxylic acids is 1. The van der Waals surface area contributed by atoms with Crippen LogP contribution >= 0.6 is 15.9 Å². The first-order valence-corrected chi connectivity index (χ1v) is 10.9. The summed E-state index contributed by atoms with van der Waals surface area (Å²) in [6, 6.07) is 5.65. The van der Waals surface area contributed by atoms with Gasteiger partial charge in [-0.1, -0.05) is 0 Å². The molecule has 3 heterocycles. The van der Waals surface area contributed by atoms with Crippen molar-refractivity contribution in [2.45, 2.75) is 33.2 Å². The summed E-state index contributed by atoms with van der Waals surface area (Å²) in [5, 5.41) is 4.07. The lowest BCUT2D eigenvalue weighted by Gasteiger charge is -2.31. The Hall–Kier alpha value is -2.65. The van der Waals surface area contributed by atoms with Crippen LogP contribution in [0.4, 0.5) is 10.1 Å². The lowest BCUT2D eigenvalue weighted by atomic mass is 10.0. The molecule has 2 aromatic heterocycles. The van der Waals surface area contributed by atoms with Crippen LogP contribution in [0, 0.1) is 0 Å². The molecule has 31 heavy (non-hydrogen) atoms. The number of pyridine rings is 1. The third kappa shape index (κ3) is 3.99. The van der Waals surface area contributed by atoms with E-state index in [1.54, 1.807) is 24.2 Å². The summed E-state index contributed by atoms with van der Waals surface area (Å²) in [5.74, 6) is 0.226. The van der Waals surface area contributed by atoms with Crippen LogP contribution in [0.3, 0.4) is 0 Å². The van der Waals surface area contributed by atoms with Gasteiger partial charge < -0.3 is 19.4 Å². The van der Waals surface area contributed by atoms with Crippen molar-refractivity contribution < 1.29 is 18.7 Å². The van der Waals surface area contributed by atoms with Gasteiger partial charge >= 0.3 is 5.97 Å². The lowest BCUT2D eigenvalue weighted by Crippen LogP contribution is -2.36. The normalized spacial score (nSPS) is 14.7. The maximum Gasteiger partial charge on any atom is 0.340 e. The first kappa shape index (κ1) is 21.6. The number of aryl methyl sites for hydroxylation is 1. The number of alkyl halides is 1. The number of carbonyl (C=O) groups is 1. The second-order valence-electron chi connectivity index (χ2n) is 7.35. The molecule has 0 amide bonds. The molecule has 0 radical (unpaired) electrons. The Labute approximate surface area is 188 Å². The molecule has 1 aliphatic heterocycles. The third-order valence-electron chi connectivity index (χ3n) is 5.48. The van der Waals surface area contributed by atoms with Gasteiger partial charge in [0.2, 0.25) is 0 Å². The predicted octanol–water partition coefficient (Wildman–Crippen LogP) is 4.59. The summed E-state index contributed by atoms with van der Waals surface area (Å²) in [6.07, 6.45) is 2.23. The Bertz CT molecular complexity index is 1120. The van der Waals surface area contributed by atoms with Gasteiger partial charge in [0.05, 0.1) is 34.4 Å². The van der Waals surface area contributed by atoms with Gasteiger partial charge in [0, 0.05) is 42.6 Å². The average molecular weight is 491 g/mol. The van der Waals surface area contributed by atoms with Crippen molar-refractivity contribution in [2.24, 2.45) is 7.05 Å². The number of hydrogen-bond donors (Lipinski definition) is 1. The van der Waals surface area contributed by atoms with Gasteiger partial charge in [0.15, 0.2) is 6.30 Å². The summed E-state index contributed by atoms with van der Waals surface area (Å²) in [6.45, 7) is 4.39. The SMILES string of the molecule is CCOC(=O)c1c(CNc2ccncc2)n(C)c2cc(Br)c3c(c12)CN(C(C)F)CO3. The number of aromatic nitrogens is 2. The number of ether oxygens (including phenoxy) is 2. The summed E-state index contributed by atoms with van der Waals surface area (Å²) < 4.78 is 28.1. The molecule has 0 bridgehead atoms. The van der Waals surface area contributed by atoms with Crippen molar-refractivity contribution in [2.75, 3.05) is 18.7 Å². The van der Waals surface area contributed by atoms with E-state index >= 15 is 0 Å². The largest absolute Gasteiger partial charge is 0.476 e. The fraction of sp³-hybridized carbons (Fsp3) is 0.364. The van der Waals surface area contributed by atoms with E-state index in [2.05, 4.69) is 26.2 Å². The first-order chi connectivity index (χ1) is 14.9. The van der Waals surface area contributed by atoms with E-state index in [0.29, 0.717) is 24.4 Å². The fourth-order valence-electron chi connectivity index (χ4n) is 3.89. The van der Waals surface area contributed by atoms with E-state index in [1.807, 2.05) is 29.8 Å². The van der Waals surface area contributed by atoms with Gasteiger partial charge in [-0.3, -0.25) is 4.98 Å². The molecule has 4 rings (SSSR count). The second-order valence-corrected chi connectivity index (χ2v) is 8.20. The molecule has 0 saturated heterocycles. The van der Waals surface area contributed by atoms with E-state index in [1.165, 1.54) is 6.92 Å². The number of nitrogens with zero attached hydrogens (tertiary/aromatic N) is 3. The Morgan fingerprint density at radius 1 is 1.42 bits per heavy atom. The predicted molar refractivity (Wildman–Crippen MR) is 120 cm³/mol. The minimum absolute atomic E-state index is 0.146. The van der Waals surface area contributed by atoms with Gasteiger partial charge in [0.25, 0.3) is 0 Å². The quantitative estimate of drug-likeness (QED) is 0.402. The number of anilines is 1. The molecule has 1 aromatic carbocycles. The third-order valence-corrected chi connectivity index (χ3v) is 6.07. The highest BCUT2D eigenvalue weighted by Crippen LogP contribution is 2.42. The van der Waals surface area contributed by atoms with Crippen molar-refractivity contribution in [3.8, 4) is 5.75 Å². The molecule has 0 fully saturated rings. The van der Waals surface area contributed by atoms with Crippen molar-refractivity contribution in [1.29, 1.82) is 0 Å². The monoisotopic (exact) mass is 490 g/mol.